The van der Waals surface area contributed by atoms with E-state index in [0.29, 0.717) is 12.2 Å². The summed E-state index contributed by atoms with van der Waals surface area (Å²) in [4.78, 5) is 13.3. The molecule has 2 rings (SSSR count). The number of carbonyl (C=O) groups excluding carboxylic acids is 1. The van der Waals surface area contributed by atoms with Crippen LogP contribution < -0.4 is 0 Å². The highest BCUT2D eigenvalue weighted by Crippen LogP contribution is 2.35. The van der Waals surface area contributed by atoms with Crippen molar-refractivity contribution in [2.24, 2.45) is 0 Å². The molecule has 0 aliphatic rings. The maximum absolute atomic E-state index is 11.5. The van der Waals surface area contributed by atoms with Crippen molar-refractivity contribution in [3.8, 4) is 5.75 Å². The Morgan fingerprint density at radius 2 is 1.95 bits per heavy atom. The molecular weight excluding hydrogens is 387 g/mol. The van der Waals surface area contributed by atoms with Crippen molar-refractivity contribution in [2.75, 3.05) is 6.61 Å². The molecule has 3 nitrogen and oxygen atoms in total. The molecule has 0 saturated heterocycles. The van der Waals surface area contributed by atoms with Crippen LogP contribution in [0.3, 0.4) is 0 Å². The summed E-state index contributed by atoms with van der Waals surface area (Å²) in [5.74, 6) is -0.0578. The van der Waals surface area contributed by atoms with E-state index in [1.807, 2.05) is 24.3 Å². The van der Waals surface area contributed by atoms with E-state index in [4.69, 9.17) is 4.74 Å². The zero-order chi connectivity index (χ0) is 14.5. The molecule has 0 heterocycles. The van der Waals surface area contributed by atoms with Gasteiger partial charge < -0.3 is 9.84 Å². The highest BCUT2D eigenvalue weighted by atomic mass is 127. The van der Waals surface area contributed by atoms with E-state index >= 15 is 0 Å². The highest BCUT2D eigenvalue weighted by molar-refractivity contribution is 14.1. The van der Waals surface area contributed by atoms with Crippen molar-refractivity contribution in [1.82, 2.24) is 0 Å². The summed E-state index contributed by atoms with van der Waals surface area (Å²) in [6.07, 6.45) is 0. The minimum Gasteiger partial charge on any atom is -0.507 e. The molecule has 1 N–H and O–H groups in total. The van der Waals surface area contributed by atoms with Crippen LogP contribution in [0.15, 0.2) is 52.3 Å². The number of benzene rings is 2. The Morgan fingerprint density at radius 1 is 1.25 bits per heavy atom. The molecule has 20 heavy (non-hydrogen) atoms. The predicted octanol–water partition coefficient (Wildman–Crippen LogP) is 4.32. The molecule has 0 radical (unpaired) electrons. The molecule has 0 unspecified atom stereocenters. The average Bonchev–Trinajstić information content (AvgIpc) is 2.43. The topological polar surface area (TPSA) is 46.5 Å². The number of ether oxygens (including phenoxy) is 1. The van der Waals surface area contributed by atoms with Crippen molar-refractivity contribution in [3.63, 3.8) is 0 Å². The fourth-order valence-electron chi connectivity index (χ4n) is 1.58. The molecule has 0 saturated carbocycles. The molecule has 0 aliphatic carbocycles. The Labute approximate surface area is 135 Å². The first-order valence-corrected chi connectivity index (χ1v) is 7.93. The second-order valence-corrected chi connectivity index (χ2v) is 6.32. The van der Waals surface area contributed by atoms with Gasteiger partial charge in [0.1, 0.15) is 5.75 Å². The van der Waals surface area contributed by atoms with Gasteiger partial charge in [-0.25, -0.2) is 4.79 Å². The van der Waals surface area contributed by atoms with Gasteiger partial charge in [-0.2, -0.15) is 0 Å². The van der Waals surface area contributed by atoms with Gasteiger partial charge in [0, 0.05) is 8.47 Å². The first-order valence-electron chi connectivity index (χ1n) is 6.03. The maximum Gasteiger partial charge on any atom is 0.338 e. The highest BCUT2D eigenvalue weighted by Gasteiger charge is 2.08. The zero-order valence-electron chi connectivity index (χ0n) is 10.8. The third kappa shape index (κ3) is 3.89. The minimum atomic E-state index is -0.318. The standard InChI is InChI=1S/C15H13IO3S/c1-2-19-15(18)10-3-6-12(7-4-10)20-14-8-5-11(16)9-13(14)17/h3-9,17H,2H2,1H3. The molecule has 0 aromatic heterocycles. The minimum absolute atomic E-state index is 0.261. The number of halogens is 1. The number of hydrogen-bond acceptors (Lipinski definition) is 4. The van der Waals surface area contributed by atoms with E-state index in [1.54, 1.807) is 25.1 Å². The van der Waals surface area contributed by atoms with Gasteiger partial charge in [0.05, 0.1) is 17.1 Å². The van der Waals surface area contributed by atoms with Gasteiger partial charge in [0.2, 0.25) is 0 Å². The Balaban J connectivity index is 2.12. The first kappa shape index (κ1) is 15.2. The quantitative estimate of drug-likeness (QED) is 0.613. The van der Waals surface area contributed by atoms with Gasteiger partial charge in [0.25, 0.3) is 0 Å². The van der Waals surface area contributed by atoms with E-state index in [9.17, 15) is 9.90 Å². The summed E-state index contributed by atoms with van der Waals surface area (Å²) < 4.78 is 5.92. The third-order valence-corrected chi connectivity index (χ3v) is 4.26. The van der Waals surface area contributed by atoms with Crippen LogP contribution in [0.25, 0.3) is 0 Å². The fourth-order valence-corrected chi connectivity index (χ4v) is 2.88. The van der Waals surface area contributed by atoms with Crippen molar-refractivity contribution < 1.29 is 14.6 Å². The lowest BCUT2D eigenvalue weighted by Gasteiger charge is -2.06. The molecule has 0 atom stereocenters. The van der Waals surface area contributed by atoms with Crippen LogP contribution in [0.5, 0.6) is 5.75 Å². The van der Waals surface area contributed by atoms with Crippen LogP contribution in [0, 0.1) is 3.57 Å². The molecule has 0 fully saturated rings. The van der Waals surface area contributed by atoms with E-state index in [1.165, 1.54) is 11.8 Å². The largest absolute Gasteiger partial charge is 0.507 e. The summed E-state index contributed by atoms with van der Waals surface area (Å²) in [6, 6.07) is 12.7. The van der Waals surface area contributed by atoms with Crippen LogP contribution in [0.2, 0.25) is 0 Å². The van der Waals surface area contributed by atoms with Gasteiger partial charge in [-0.05, 0) is 72.0 Å². The van der Waals surface area contributed by atoms with E-state index in [2.05, 4.69) is 22.6 Å². The maximum atomic E-state index is 11.5. The smallest absolute Gasteiger partial charge is 0.338 e. The lowest BCUT2D eigenvalue weighted by Crippen LogP contribution is -2.03. The lowest BCUT2D eigenvalue weighted by atomic mass is 10.2. The first-order chi connectivity index (χ1) is 9.60. The van der Waals surface area contributed by atoms with Crippen LogP contribution >= 0.6 is 34.4 Å². The van der Waals surface area contributed by atoms with Gasteiger partial charge in [0.15, 0.2) is 0 Å². The van der Waals surface area contributed by atoms with Gasteiger partial charge in [-0.15, -0.1) is 0 Å². The SMILES string of the molecule is CCOC(=O)c1ccc(Sc2ccc(I)cc2O)cc1. The number of aromatic hydroxyl groups is 1. The Bertz CT molecular complexity index is 611. The van der Waals surface area contributed by atoms with Crippen LogP contribution in [0.4, 0.5) is 0 Å². The number of rotatable bonds is 4. The van der Waals surface area contributed by atoms with E-state index in [0.717, 1.165) is 13.4 Å². The second kappa shape index (κ2) is 6.99. The normalized spacial score (nSPS) is 10.3. The Morgan fingerprint density at radius 3 is 2.55 bits per heavy atom. The fraction of sp³-hybridized carbons (Fsp3) is 0.133. The van der Waals surface area contributed by atoms with Crippen LogP contribution in [-0.2, 0) is 4.74 Å². The Hall–Kier alpha value is -1.21. The molecule has 0 aliphatic heterocycles. The number of phenolic OH excluding ortho intramolecular Hbond substituents is 1. The summed E-state index contributed by atoms with van der Waals surface area (Å²) in [6.45, 7) is 2.15. The molecular formula is C15H13IO3S. The number of hydrogen-bond donors (Lipinski definition) is 1. The molecule has 0 amide bonds. The molecule has 2 aromatic rings. The monoisotopic (exact) mass is 400 g/mol. The molecule has 0 bridgehead atoms. The summed E-state index contributed by atoms with van der Waals surface area (Å²) >= 11 is 3.60. The van der Waals surface area contributed by atoms with E-state index < -0.39 is 0 Å². The summed E-state index contributed by atoms with van der Waals surface area (Å²) in [5.41, 5.74) is 0.531. The second-order valence-electron chi connectivity index (χ2n) is 3.96. The molecule has 2 aromatic carbocycles. The Kier molecular flexibility index (Phi) is 5.31. The number of carbonyl (C=O) groups is 1. The average molecular weight is 400 g/mol. The zero-order valence-corrected chi connectivity index (χ0v) is 13.8. The van der Waals surface area contributed by atoms with Crippen LogP contribution in [0.1, 0.15) is 17.3 Å². The van der Waals surface area contributed by atoms with Crippen molar-refractivity contribution in [1.29, 1.82) is 0 Å². The predicted molar refractivity (Wildman–Crippen MR) is 87.3 cm³/mol. The van der Waals surface area contributed by atoms with Crippen molar-refractivity contribution >= 4 is 40.3 Å². The summed E-state index contributed by atoms with van der Waals surface area (Å²) in [5, 5.41) is 9.87. The van der Waals surface area contributed by atoms with Gasteiger partial charge in [-0.1, -0.05) is 11.8 Å². The van der Waals surface area contributed by atoms with E-state index in [-0.39, 0.29) is 11.7 Å². The number of esters is 1. The molecule has 104 valence electrons. The van der Waals surface area contributed by atoms with Crippen molar-refractivity contribution in [2.45, 2.75) is 16.7 Å². The third-order valence-electron chi connectivity index (χ3n) is 2.51. The number of phenols is 1. The van der Waals surface area contributed by atoms with Gasteiger partial charge in [-0.3, -0.25) is 0 Å². The van der Waals surface area contributed by atoms with Gasteiger partial charge >= 0.3 is 5.97 Å². The lowest BCUT2D eigenvalue weighted by molar-refractivity contribution is 0.0526. The molecule has 0 spiro atoms. The van der Waals surface area contributed by atoms with Crippen LogP contribution in [-0.4, -0.2) is 17.7 Å². The summed E-state index contributed by atoms with van der Waals surface area (Å²) in [7, 11) is 0. The van der Waals surface area contributed by atoms with Crippen molar-refractivity contribution in [3.05, 3.63) is 51.6 Å². The molecule has 5 heteroatoms.